The highest BCUT2D eigenvalue weighted by Gasteiger charge is 2.33. The van der Waals surface area contributed by atoms with E-state index < -0.39 is 0 Å². The molecule has 1 aliphatic rings. The van der Waals surface area contributed by atoms with Gasteiger partial charge in [-0.25, -0.2) is 4.68 Å². The monoisotopic (exact) mass is 392 g/mol. The van der Waals surface area contributed by atoms with Gasteiger partial charge in [-0.15, -0.1) is 5.10 Å². The van der Waals surface area contributed by atoms with E-state index in [-0.39, 0.29) is 11.9 Å². The van der Waals surface area contributed by atoms with Crippen molar-refractivity contribution >= 4 is 5.91 Å². The molecule has 1 saturated heterocycles. The van der Waals surface area contributed by atoms with Gasteiger partial charge in [0.1, 0.15) is 11.5 Å². The summed E-state index contributed by atoms with van der Waals surface area (Å²) in [5, 5.41) is 8.27. The first-order valence-electron chi connectivity index (χ1n) is 9.63. The number of carbonyl (C=O) groups excluding carboxylic acids is 1. The van der Waals surface area contributed by atoms with Gasteiger partial charge in [0.25, 0.3) is 5.91 Å². The molecular weight excluding hydrogens is 368 g/mol. The lowest BCUT2D eigenvalue weighted by Crippen LogP contribution is -2.31. The van der Waals surface area contributed by atoms with Gasteiger partial charge < -0.3 is 14.4 Å². The smallest absolute Gasteiger partial charge is 0.276 e. The molecule has 1 atom stereocenters. The summed E-state index contributed by atoms with van der Waals surface area (Å²) in [6.45, 7) is 2.71. The number of hydrogen-bond acceptors (Lipinski definition) is 5. The highest BCUT2D eigenvalue weighted by Crippen LogP contribution is 2.39. The van der Waals surface area contributed by atoms with E-state index in [4.69, 9.17) is 9.47 Å². The highest BCUT2D eigenvalue weighted by atomic mass is 16.5. The van der Waals surface area contributed by atoms with Crippen LogP contribution in [0.1, 0.15) is 40.5 Å². The second-order valence-corrected chi connectivity index (χ2v) is 7.15. The summed E-state index contributed by atoms with van der Waals surface area (Å²) in [6.07, 6.45) is 3.49. The molecule has 7 heteroatoms. The molecule has 1 amide bonds. The van der Waals surface area contributed by atoms with Crippen molar-refractivity contribution in [3.63, 3.8) is 0 Å². The van der Waals surface area contributed by atoms with Crippen molar-refractivity contribution in [1.82, 2.24) is 19.9 Å². The molecule has 1 aromatic heterocycles. The first-order chi connectivity index (χ1) is 14.1. The molecule has 7 nitrogen and oxygen atoms in total. The number of aromatic nitrogens is 3. The molecule has 0 bridgehead atoms. The Kier molecular flexibility index (Phi) is 5.20. The van der Waals surface area contributed by atoms with Crippen LogP contribution in [0.25, 0.3) is 5.69 Å². The van der Waals surface area contributed by atoms with Crippen LogP contribution in [0, 0.1) is 6.92 Å². The van der Waals surface area contributed by atoms with Gasteiger partial charge in [0.05, 0.1) is 32.1 Å². The molecule has 1 fully saturated rings. The van der Waals surface area contributed by atoms with Gasteiger partial charge in [0.2, 0.25) is 0 Å². The maximum absolute atomic E-state index is 13.2. The number of methoxy groups -OCH3 is 2. The number of ether oxygens (including phenoxy) is 2. The predicted octanol–water partition coefficient (Wildman–Crippen LogP) is 3.57. The van der Waals surface area contributed by atoms with Crippen LogP contribution in [0.2, 0.25) is 0 Å². The minimum Gasteiger partial charge on any atom is -0.497 e. The van der Waals surface area contributed by atoms with E-state index >= 15 is 0 Å². The highest BCUT2D eigenvalue weighted by molar-refractivity contribution is 5.92. The van der Waals surface area contributed by atoms with Gasteiger partial charge in [0, 0.05) is 18.2 Å². The third-order valence-corrected chi connectivity index (χ3v) is 5.32. The zero-order valence-electron chi connectivity index (χ0n) is 16.8. The molecule has 150 valence electrons. The molecule has 0 radical (unpaired) electrons. The average molecular weight is 392 g/mol. The molecule has 1 aliphatic heterocycles. The Morgan fingerprint density at radius 2 is 1.90 bits per heavy atom. The van der Waals surface area contributed by atoms with E-state index in [9.17, 15) is 4.79 Å². The van der Waals surface area contributed by atoms with Crippen molar-refractivity contribution in [2.45, 2.75) is 25.8 Å². The zero-order valence-corrected chi connectivity index (χ0v) is 16.8. The van der Waals surface area contributed by atoms with Crippen LogP contribution >= 0.6 is 0 Å². The van der Waals surface area contributed by atoms with Crippen LogP contribution in [0.15, 0.2) is 48.7 Å². The van der Waals surface area contributed by atoms with Crippen LogP contribution in [0.5, 0.6) is 11.5 Å². The molecule has 4 rings (SSSR count). The Labute approximate surface area is 169 Å². The summed E-state index contributed by atoms with van der Waals surface area (Å²) in [5.74, 6) is 1.32. The molecule has 0 aliphatic carbocycles. The van der Waals surface area contributed by atoms with Crippen LogP contribution in [0.4, 0.5) is 0 Å². The van der Waals surface area contributed by atoms with E-state index in [2.05, 4.69) is 10.3 Å². The lowest BCUT2D eigenvalue weighted by atomic mass is 10.0. The molecule has 29 heavy (non-hydrogen) atoms. The Morgan fingerprint density at radius 1 is 1.10 bits per heavy atom. The molecular formula is C22H24N4O3. The van der Waals surface area contributed by atoms with Crippen molar-refractivity contribution in [1.29, 1.82) is 0 Å². The fraction of sp³-hybridized carbons (Fsp3) is 0.318. The standard InChI is InChI=1S/C22H24N4O3/c1-15-6-8-16(9-7-15)26-14-19(23-24-26)22(27)25-12-4-5-20(25)18-11-10-17(28-2)13-21(18)29-3/h6-11,13-14,20H,4-5,12H2,1-3H3. The second kappa shape index (κ2) is 7.95. The fourth-order valence-corrected chi connectivity index (χ4v) is 3.76. The number of carbonyl (C=O) groups is 1. The SMILES string of the molecule is COc1ccc(C2CCCN2C(=O)c2cn(-c3ccc(C)cc3)nn2)c(OC)c1. The number of likely N-dealkylation sites (tertiary alicyclic amines) is 1. The predicted molar refractivity (Wildman–Crippen MR) is 109 cm³/mol. The lowest BCUT2D eigenvalue weighted by molar-refractivity contribution is 0.0728. The molecule has 0 N–H and O–H groups in total. The van der Waals surface area contributed by atoms with Crippen LogP contribution < -0.4 is 9.47 Å². The first kappa shape index (κ1) is 19.0. The summed E-state index contributed by atoms with van der Waals surface area (Å²) in [6, 6.07) is 13.6. The van der Waals surface area contributed by atoms with Crippen LogP contribution in [-0.4, -0.2) is 46.6 Å². The number of nitrogens with zero attached hydrogens (tertiary/aromatic N) is 4. The Morgan fingerprint density at radius 3 is 2.62 bits per heavy atom. The number of hydrogen-bond donors (Lipinski definition) is 0. The Balaban J connectivity index is 1.59. The Bertz CT molecular complexity index is 1010. The van der Waals surface area contributed by atoms with Gasteiger partial charge >= 0.3 is 0 Å². The van der Waals surface area contributed by atoms with E-state index in [0.717, 1.165) is 35.6 Å². The van der Waals surface area contributed by atoms with Gasteiger partial charge in [-0.1, -0.05) is 22.9 Å². The van der Waals surface area contributed by atoms with Crippen LogP contribution in [0.3, 0.4) is 0 Å². The van der Waals surface area contributed by atoms with E-state index in [1.165, 1.54) is 5.56 Å². The van der Waals surface area contributed by atoms with Crippen molar-refractivity contribution < 1.29 is 14.3 Å². The molecule has 3 aromatic rings. The number of benzene rings is 2. The van der Waals surface area contributed by atoms with E-state index in [1.54, 1.807) is 25.1 Å². The van der Waals surface area contributed by atoms with Crippen molar-refractivity contribution in [2.75, 3.05) is 20.8 Å². The first-order valence-corrected chi connectivity index (χ1v) is 9.63. The second-order valence-electron chi connectivity index (χ2n) is 7.15. The topological polar surface area (TPSA) is 69.5 Å². The fourth-order valence-electron chi connectivity index (χ4n) is 3.76. The summed E-state index contributed by atoms with van der Waals surface area (Å²) in [7, 11) is 3.25. The van der Waals surface area contributed by atoms with Crippen molar-refractivity contribution in [3.8, 4) is 17.2 Å². The minimum absolute atomic E-state index is 0.0621. The molecule has 1 unspecified atom stereocenters. The molecule has 2 heterocycles. The number of rotatable bonds is 5. The number of aryl methyl sites for hydroxylation is 1. The van der Waals surface area contributed by atoms with Crippen LogP contribution in [-0.2, 0) is 0 Å². The van der Waals surface area contributed by atoms with Crippen molar-refractivity contribution in [3.05, 3.63) is 65.5 Å². The van der Waals surface area contributed by atoms with Gasteiger partial charge in [-0.2, -0.15) is 0 Å². The van der Waals surface area contributed by atoms with Gasteiger partial charge in [-0.3, -0.25) is 4.79 Å². The van der Waals surface area contributed by atoms with Gasteiger partial charge in [-0.05, 0) is 44.0 Å². The minimum atomic E-state index is -0.122. The summed E-state index contributed by atoms with van der Waals surface area (Å²) in [5.41, 5.74) is 3.35. The average Bonchev–Trinajstić information content (AvgIpc) is 3.43. The van der Waals surface area contributed by atoms with Gasteiger partial charge in [0.15, 0.2) is 5.69 Å². The maximum Gasteiger partial charge on any atom is 0.276 e. The Hall–Kier alpha value is -3.35. The summed E-state index contributed by atoms with van der Waals surface area (Å²) in [4.78, 5) is 15.1. The lowest BCUT2D eigenvalue weighted by Gasteiger charge is -2.25. The molecule has 2 aromatic carbocycles. The third kappa shape index (κ3) is 3.68. The normalized spacial score (nSPS) is 16.1. The van der Waals surface area contributed by atoms with E-state index in [1.807, 2.05) is 54.3 Å². The number of amides is 1. The van der Waals surface area contributed by atoms with Crippen molar-refractivity contribution in [2.24, 2.45) is 0 Å². The quantitative estimate of drug-likeness (QED) is 0.664. The molecule has 0 spiro atoms. The van der Waals surface area contributed by atoms with E-state index in [0.29, 0.717) is 12.2 Å². The summed E-state index contributed by atoms with van der Waals surface area (Å²) < 4.78 is 12.5. The third-order valence-electron chi connectivity index (χ3n) is 5.32. The zero-order chi connectivity index (χ0) is 20.4. The molecule has 0 saturated carbocycles. The maximum atomic E-state index is 13.2. The largest absolute Gasteiger partial charge is 0.497 e. The summed E-state index contributed by atoms with van der Waals surface area (Å²) >= 11 is 0.